The van der Waals surface area contributed by atoms with Gasteiger partial charge >= 0.3 is 0 Å². The molecular weight excluding hydrogens is 339 g/mol. The van der Waals surface area contributed by atoms with Crippen LogP contribution in [0.25, 0.3) is 22.3 Å². The van der Waals surface area contributed by atoms with Crippen molar-refractivity contribution in [2.45, 2.75) is 0 Å². The summed E-state index contributed by atoms with van der Waals surface area (Å²) >= 11 is 0. The summed E-state index contributed by atoms with van der Waals surface area (Å²) < 4.78 is 67.4. The molecule has 0 fully saturated rings. The van der Waals surface area contributed by atoms with Gasteiger partial charge in [0.2, 0.25) is 5.82 Å². The normalized spacial score (nSPS) is 10.8. The molecule has 3 aromatic carbocycles. The molecule has 0 aliphatic carbocycles. The van der Waals surface area contributed by atoms with E-state index < -0.39 is 34.6 Å². The second kappa shape index (κ2) is 6.43. The molecule has 0 heterocycles. The van der Waals surface area contributed by atoms with Crippen LogP contribution >= 0.6 is 0 Å². The Hall–Kier alpha value is -3.09. The van der Waals surface area contributed by atoms with Gasteiger partial charge in [-0.2, -0.15) is 5.11 Å². The zero-order chi connectivity index (χ0) is 18.1. The van der Waals surface area contributed by atoms with Crippen LogP contribution in [0.4, 0.5) is 27.6 Å². The monoisotopic (exact) mass is 348 g/mol. The van der Waals surface area contributed by atoms with Crippen molar-refractivity contribution in [1.29, 1.82) is 5.53 Å². The molecule has 2 nitrogen and oxygen atoms in total. The fourth-order valence-electron chi connectivity index (χ4n) is 2.42. The second-order valence-corrected chi connectivity index (χ2v) is 5.18. The highest BCUT2D eigenvalue weighted by Crippen LogP contribution is 2.33. The lowest BCUT2D eigenvalue weighted by Gasteiger charge is -2.09. The van der Waals surface area contributed by atoms with Gasteiger partial charge in [-0.25, -0.2) is 27.5 Å². The smallest absolute Gasteiger partial charge is 0.200 e. The lowest BCUT2D eigenvalue weighted by Crippen LogP contribution is -2.03. The van der Waals surface area contributed by atoms with Gasteiger partial charge in [0.15, 0.2) is 23.3 Å². The topological polar surface area (TPSA) is 36.2 Å². The van der Waals surface area contributed by atoms with Gasteiger partial charge in [0.1, 0.15) is 0 Å². The van der Waals surface area contributed by atoms with E-state index in [4.69, 9.17) is 5.53 Å². The van der Waals surface area contributed by atoms with Crippen molar-refractivity contribution in [2.24, 2.45) is 5.11 Å². The molecule has 0 aliphatic heterocycles. The number of hydrogen-bond donors (Lipinski definition) is 1. The van der Waals surface area contributed by atoms with E-state index in [2.05, 4.69) is 5.11 Å². The standard InChI is InChI=1S/C18H9F5N2/c19-14-13(15(20)17(22)18(23)16(14)21)11-3-1-9(2-4-11)10-5-7-12(25-24)8-6-10/h1-8,24H. The number of rotatable bonds is 3. The molecule has 126 valence electrons. The van der Waals surface area contributed by atoms with Crippen LogP contribution in [0.15, 0.2) is 53.6 Å². The van der Waals surface area contributed by atoms with E-state index in [1.165, 1.54) is 24.3 Å². The molecule has 7 heteroatoms. The number of benzene rings is 3. The maximum Gasteiger partial charge on any atom is 0.200 e. The summed E-state index contributed by atoms with van der Waals surface area (Å²) in [5.41, 5.74) is 7.68. The molecule has 25 heavy (non-hydrogen) atoms. The Labute approximate surface area is 139 Å². The highest BCUT2D eigenvalue weighted by molar-refractivity contribution is 5.72. The van der Waals surface area contributed by atoms with Crippen LogP contribution in [0.3, 0.4) is 0 Å². The van der Waals surface area contributed by atoms with Crippen LogP contribution in [0.1, 0.15) is 0 Å². The summed E-state index contributed by atoms with van der Waals surface area (Å²) in [6.45, 7) is 0. The quantitative estimate of drug-likeness (QED) is 0.247. The third kappa shape index (κ3) is 2.88. The molecule has 1 N–H and O–H groups in total. The van der Waals surface area contributed by atoms with E-state index in [9.17, 15) is 22.0 Å². The van der Waals surface area contributed by atoms with Crippen molar-refractivity contribution in [1.82, 2.24) is 0 Å². The minimum Gasteiger partial charge on any atom is -0.204 e. The van der Waals surface area contributed by atoms with Gasteiger partial charge in [-0.15, -0.1) is 0 Å². The fourth-order valence-corrected chi connectivity index (χ4v) is 2.42. The highest BCUT2D eigenvalue weighted by atomic mass is 19.2. The zero-order valence-corrected chi connectivity index (χ0v) is 12.5. The van der Waals surface area contributed by atoms with E-state index in [0.717, 1.165) is 5.56 Å². The molecule has 0 amide bonds. The molecule has 0 atom stereocenters. The van der Waals surface area contributed by atoms with Crippen LogP contribution in [0.5, 0.6) is 0 Å². The maximum absolute atomic E-state index is 13.8. The second-order valence-electron chi connectivity index (χ2n) is 5.18. The van der Waals surface area contributed by atoms with Crippen LogP contribution in [-0.2, 0) is 0 Å². The molecule has 0 saturated carbocycles. The number of halogens is 5. The molecule has 0 spiro atoms. The Kier molecular flexibility index (Phi) is 4.31. The molecule has 0 bridgehead atoms. The van der Waals surface area contributed by atoms with Crippen LogP contribution in [0, 0.1) is 34.6 Å². The summed E-state index contributed by atoms with van der Waals surface area (Å²) in [7, 11) is 0. The Balaban J connectivity index is 2.05. The molecular formula is C18H9F5N2. The molecule has 0 radical (unpaired) electrons. The lowest BCUT2D eigenvalue weighted by molar-refractivity contribution is 0.381. The van der Waals surface area contributed by atoms with Gasteiger partial charge in [0.25, 0.3) is 0 Å². The molecule has 0 aromatic heterocycles. The summed E-state index contributed by atoms with van der Waals surface area (Å²) in [4.78, 5) is 0. The number of hydrogen-bond acceptors (Lipinski definition) is 2. The van der Waals surface area contributed by atoms with E-state index in [1.807, 2.05) is 0 Å². The van der Waals surface area contributed by atoms with E-state index >= 15 is 0 Å². The van der Waals surface area contributed by atoms with Crippen molar-refractivity contribution in [2.75, 3.05) is 0 Å². The summed E-state index contributed by atoms with van der Waals surface area (Å²) in [6.07, 6.45) is 0. The SMILES string of the molecule is N=Nc1ccc(-c2ccc(-c3c(F)c(F)c(F)c(F)c3F)cc2)cc1. The van der Waals surface area contributed by atoms with E-state index in [1.54, 1.807) is 24.3 Å². The third-order valence-electron chi connectivity index (χ3n) is 3.71. The average molecular weight is 348 g/mol. The largest absolute Gasteiger partial charge is 0.204 e. The first-order valence-electron chi connectivity index (χ1n) is 7.03. The average Bonchev–Trinajstić information content (AvgIpc) is 2.65. The maximum atomic E-state index is 13.8. The number of nitrogens with zero attached hydrogens (tertiary/aromatic N) is 1. The minimum absolute atomic E-state index is 0.130. The van der Waals surface area contributed by atoms with Gasteiger partial charge in [-0.05, 0) is 28.8 Å². The van der Waals surface area contributed by atoms with Gasteiger partial charge in [-0.3, -0.25) is 0 Å². The van der Waals surface area contributed by atoms with Gasteiger partial charge in [0.05, 0.1) is 11.3 Å². The van der Waals surface area contributed by atoms with Crippen molar-refractivity contribution in [3.05, 3.63) is 77.6 Å². The van der Waals surface area contributed by atoms with Crippen LogP contribution in [0.2, 0.25) is 0 Å². The first-order chi connectivity index (χ1) is 11.9. The first-order valence-corrected chi connectivity index (χ1v) is 7.03. The Bertz CT molecular complexity index is 922. The van der Waals surface area contributed by atoms with Crippen molar-refractivity contribution < 1.29 is 22.0 Å². The van der Waals surface area contributed by atoms with Crippen LogP contribution < -0.4 is 0 Å². The molecule has 0 aliphatic rings. The van der Waals surface area contributed by atoms with Gasteiger partial charge in [0, 0.05) is 0 Å². The molecule has 3 aromatic rings. The Morgan fingerprint density at radius 3 is 1.32 bits per heavy atom. The summed E-state index contributed by atoms with van der Waals surface area (Å²) in [5.74, 6) is -9.88. The van der Waals surface area contributed by atoms with Gasteiger partial charge < -0.3 is 0 Å². The summed E-state index contributed by atoms with van der Waals surface area (Å²) in [5, 5.41) is 3.27. The lowest BCUT2D eigenvalue weighted by atomic mass is 9.99. The predicted molar refractivity (Wildman–Crippen MR) is 81.9 cm³/mol. The Morgan fingerprint density at radius 2 is 0.880 bits per heavy atom. The summed E-state index contributed by atoms with van der Waals surface area (Å²) in [6, 6.07) is 12.2. The minimum atomic E-state index is -2.18. The zero-order valence-electron chi connectivity index (χ0n) is 12.5. The van der Waals surface area contributed by atoms with Crippen molar-refractivity contribution in [3.8, 4) is 22.3 Å². The van der Waals surface area contributed by atoms with E-state index in [-0.39, 0.29) is 5.56 Å². The highest BCUT2D eigenvalue weighted by Gasteiger charge is 2.26. The van der Waals surface area contributed by atoms with Crippen LogP contribution in [-0.4, -0.2) is 0 Å². The van der Waals surface area contributed by atoms with Gasteiger partial charge in [-0.1, -0.05) is 36.4 Å². The molecule has 0 saturated heterocycles. The third-order valence-corrected chi connectivity index (χ3v) is 3.71. The molecule has 0 unspecified atom stereocenters. The van der Waals surface area contributed by atoms with E-state index in [0.29, 0.717) is 11.3 Å². The van der Waals surface area contributed by atoms with Crippen molar-refractivity contribution >= 4 is 5.69 Å². The molecule has 3 rings (SSSR count). The Morgan fingerprint density at radius 1 is 0.520 bits per heavy atom. The first kappa shape index (κ1) is 16.8. The van der Waals surface area contributed by atoms with Crippen molar-refractivity contribution in [3.63, 3.8) is 0 Å². The number of nitrogens with one attached hydrogen (secondary N) is 1. The predicted octanol–water partition coefficient (Wildman–Crippen LogP) is 6.38. The fraction of sp³-hybridized carbons (Fsp3) is 0.